The molecule has 4 rings (SSSR count). The number of hydrogen-bond donors (Lipinski definition) is 0. The number of amides is 1. The van der Waals surface area contributed by atoms with Gasteiger partial charge >= 0.3 is 0 Å². The maximum Gasteiger partial charge on any atom is 0.285 e. The Morgan fingerprint density at radius 3 is 2.89 bits per heavy atom. The van der Waals surface area contributed by atoms with Gasteiger partial charge < -0.3 is 14.2 Å². The van der Waals surface area contributed by atoms with Crippen LogP contribution in [0, 0.1) is 6.92 Å². The number of benzene rings is 1. The highest BCUT2D eigenvalue weighted by molar-refractivity contribution is 8.00. The Bertz CT molecular complexity index is 920. The van der Waals surface area contributed by atoms with Gasteiger partial charge in [0, 0.05) is 36.9 Å². The number of hydrogen-bond acceptors (Lipinski definition) is 7. The second-order valence-electron chi connectivity index (χ2n) is 6.15. The molecule has 1 fully saturated rings. The van der Waals surface area contributed by atoms with E-state index >= 15 is 0 Å². The van der Waals surface area contributed by atoms with E-state index < -0.39 is 0 Å². The van der Waals surface area contributed by atoms with Crippen molar-refractivity contribution in [2.75, 3.05) is 26.3 Å². The van der Waals surface area contributed by atoms with Crippen molar-refractivity contribution in [1.82, 2.24) is 24.6 Å². The normalized spacial score (nSPS) is 14.5. The molecule has 0 radical (unpaired) electrons. The van der Waals surface area contributed by atoms with Gasteiger partial charge in [0.05, 0.1) is 19.5 Å². The number of morpholine rings is 1. The van der Waals surface area contributed by atoms with Gasteiger partial charge in [0.1, 0.15) is 0 Å². The highest BCUT2D eigenvalue weighted by Crippen LogP contribution is 2.28. The molecule has 1 aromatic carbocycles. The van der Waals surface area contributed by atoms with Crippen LogP contribution in [-0.2, 0) is 10.5 Å². The SMILES string of the molecule is Cc1cc(-n2ccnc2)ccc1CSc1nnc(C(=O)N2CCOCC2)s1. The fourth-order valence-electron chi connectivity index (χ4n) is 2.81. The number of carbonyl (C=O) groups excluding carboxylic acids is 1. The fraction of sp³-hybridized carbons (Fsp3) is 0.333. The van der Waals surface area contributed by atoms with Gasteiger partial charge in [-0.3, -0.25) is 4.79 Å². The van der Waals surface area contributed by atoms with Gasteiger partial charge in [0.25, 0.3) is 5.91 Å². The molecule has 0 N–H and O–H groups in total. The largest absolute Gasteiger partial charge is 0.378 e. The summed E-state index contributed by atoms with van der Waals surface area (Å²) in [6.45, 7) is 4.50. The van der Waals surface area contributed by atoms with Crippen LogP contribution < -0.4 is 0 Å². The van der Waals surface area contributed by atoms with Crippen LogP contribution in [0.4, 0.5) is 0 Å². The molecular formula is C18H19N5O2S2. The lowest BCUT2D eigenvalue weighted by Crippen LogP contribution is -2.40. The van der Waals surface area contributed by atoms with E-state index in [0.717, 1.165) is 15.8 Å². The molecule has 1 aliphatic heterocycles. The molecule has 140 valence electrons. The molecule has 3 heterocycles. The number of aryl methyl sites for hydroxylation is 1. The van der Waals surface area contributed by atoms with E-state index in [1.165, 1.54) is 22.5 Å². The molecule has 0 aliphatic carbocycles. The Kier molecular flexibility index (Phi) is 5.51. The van der Waals surface area contributed by atoms with Crippen molar-refractivity contribution in [3.8, 4) is 5.69 Å². The van der Waals surface area contributed by atoms with Crippen molar-refractivity contribution < 1.29 is 9.53 Å². The summed E-state index contributed by atoms with van der Waals surface area (Å²) in [7, 11) is 0. The summed E-state index contributed by atoms with van der Waals surface area (Å²) >= 11 is 2.96. The monoisotopic (exact) mass is 401 g/mol. The summed E-state index contributed by atoms with van der Waals surface area (Å²) in [5, 5.41) is 8.71. The van der Waals surface area contributed by atoms with Gasteiger partial charge in [-0.05, 0) is 30.2 Å². The van der Waals surface area contributed by atoms with Crippen LogP contribution in [-0.4, -0.2) is 56.9 Å². The molecule has 0 atom stereocenters. The molecule has 7 nitrogen and oxygen atoms in total. The van der Waals surface area contributed by atoms with E-state index in [-0.39, 0.29) is 5.91 Å². The van der Waals surface area contributed by atoms with Crippen molar-refractivity contribution in [2.24, 2.45) is 0 Å². The first-order chi connectivity index (χ1) is 13.2. The van der Waals surface area contributed by atoms with E-state index in [1.54, 1.807) is 29.2 Å². The van der Waals surface area contributed by atoms with E-state index in [2.05, 4.69) is 40.3 Å². The predicted molar refractivity (Wildman–Crippen MR) is 104 cm³/mol. The molecule has 9 heteroatoms. The third kappa shape index (κ3) is 4.20. The molecule has 2 aromatic heterocycles. The van der Waals surface area contributed by atoms with Crippen LogP contribution in [0.5, 0.6) is 0 Å². The van der Waals surface area contributed by atoms with Gasteiger partial charge in [-0.25, -0.2) is 4.98 Å². The topological polar surface area (TPSA) is 73.1 Å². The minimum Gasteiger partial charge on any atom is -0.378 e. The van der Waals surface area contributed by atoms with E-state index in [9.17, 15) is 4.79 Å². The lowest BCUT2D eigenvalue weighted by atomic mass is 10.1. The standard InChI is InChI=1S/C18H19N5O2S2/c1-13-10-15(23-5-4-19-12-23)3-2-14(13)11-26-18-21-20-16(27-18)17(24)22-6-8-25-9-7-22/h2-5,10,12H,6-9,11H2,1H3. The smallest absolute Gasteiger partial charge is 0.285 e. The summed E-state index contributed by atoms with van der Waals surface area (Å²) in [5.74, 6) is 0.736. The van der Waals surface area contributed by atoms with Crippen molar-refractivity contribution in [2.45, 2.75) is 17.0 Å². The highest BCUT2D eigenvalue weighted by atomic mass is 32.2. The number of thioether (sulfide) groups is 1. The second-order valence-corrected chi connectivity index (χ2v) is 8.35. The summed E-state index contributed by atoms with van der Waals surface area (Å²) in [6, 6.07) is 6.35. The Balaban J connectivity index is 1.39. The molecule has 27 heavy (non-hydrogen) atoms. The molecule has 0 saturated carbocycles. The molecule has 0 spiro atoms. The lowest BCUT2D eigenvalue weighted by molar-refractivity contribution is 0.0302. The molecule has 0 unspecified atom stereocenters. The zero-order chi connectivity index (χ0) is 18.6. The van der Waals surface area contributed by atoms with Crippen LogP contribution >= 0.6 is 23.1 Å². The summed E-state index contributed by atoms with van der Waals surface area (Å²) in [4.78, 5) is 18.3. The third-order valence-corrected chi connectivity index (χ3v) is 6.46. The van der Waals surface area contributed by atoms with Gasteiger partial charge in [-0.15, -0.1) is 10.2 Å². The molecule has 1 amide bonds. The average molecular weight is 402 g/mol. The second kappa shape index (κ2) is 8.20. The molecule has 1 saturated heterocycles. The zero-order valence-corrected chi connectivity index (χ0v) is 16.5. The number of aromatic nitrogens is 4. The third-order valence-electron chi connectivity index (χ3n) is 4.37. The summed E-state index contributed by atoms with van der Waals surface area (Å²) < 4.78 is 8.08. The zero-order valence-electron chi connectivity index (χ0n) is 14.9. The maximum atomic E-state index is 12.5. The van der Waals surface area contributed by atoms with Crippen molar-refractivity contribution in [3.05, 3.63) is 53.1 Å². The van der Waals surface area contributed by atoms with Crippen LogP contribution in [0.2, 0.25) is 0 Å². The number of nitrogens with zero attached hydrogens (tertiary/aromatic N) is 5. The van der Waals surface area contributed by atoms with Gasteiger partial charge in [0.15, 0.2) is 4.34 Å². The first-order valence-electron chi connectivity index (χ1n) is 8.62. The van der Waals surface area contributed by atoms with Gasteiger partial charge in [-0.2, -0.15) is 0 Å². The van der Waals surface area contributed by atoms with Crippen molar-refractivity contribution in [1.29, 1.82) is 0 Å². The average Bonchev–Trinajstić information content (AvgIpc) is 3.39. The molecule has 1 aliphatic rings. The van der Waals surface area contributed by atoms with E-state index in [1.807, 2.05) is 10.8 Å². The molecule has 3 aromatic rings. The quantitative estimate of drug-likeness (QED) is 0.612. The Hall–Kier alpha value is -2.23. The van der Waals surface area contributed by atoms with Crippen LogP contribution in [0.25, 0.3) is 5.69 Å². The number of rotatable bonds is 5. The van der Waals surface area contributed by atoms with Gasteiger partial charge in [-0.1, -0.05) is 29.2 Å². The Morgan fingerprint density at radius 1 is 1.30 bits per heavy atom. The molecule has 0 bridgehead atoms. The van der Waals surface area contributed by atoms with Crippen LogP contribution in [0.3, 0.4) is 0 Å². The van der Waals surface area contributed by atoms with Crippen molar-refractivity contribution >= 4 is 29.0 Å². The number of carbonyl (C=O) groups is 1. The number of imidazole rings is 1. The fourth-order valence-corrected chi connectivity index (χ4v) is 4.71. The van der Waals surface area contributed by atoms with Crippen molar-refractivity contribution in [3.63, 3.8) is 0 Å². The first-order valence-corrected chi connectivity index (χ1v) is 10.4. The number of ether oxygens (including phenoxy) is 1. The van der Waals surface area contributed by atoms with Gasteiger partial charge in [0.2, 0.25) is 5.01 Å². The minimum atomic E-state index is -0.0523. The summed E-state index contributed by atoms with van der Waals surface area (Å²) in [6.07, 6.45) is 5.49. The van der Waals surface area contributed by atoms with E-state index in [4.69, 9.17) is 4.74 Å². The predicted octanol–water partition coefficient (Wildman–Crippen LogP) is 2.80. The Labute approximate surface area is 165 Å². The van der Waals surface area contributed by atoms with Crippen LogP contribution in [0.1, 0.15) is 20.9 Å². The van der Waals surface area contributed by atoms with Crippen LogP contribution in [0.15, 0.2) is 41.3 Å². The Morgan fingerprint density at radius 2 is 2.15 bits per heavy atom. The lowest BCUT2D eigenvalue weighted by Gasteiger charge is -2.25. The minimum absolute atomic E-state index is 0.0523. The maximum absolute atomic E-state index is 12.5. The first kappa shape index (κ1) is 18.1. The van der Waals surface area contributed by atoms with E-state index in [0.29, 0.717) is 31.3 Å². The highest BCUT2D eigenvalue weighted by Gasteiger charge is 2.22. The summed E-state index contributed by atoms with van der Waals surface area (Å²) in [5.41, 5.74) is 3.54. The molecular weight excluding hydrogens is 382 g/mol.